The van der Waals surface area contributed by atoms with Crippen LogP contribution in [0.4, 0.5) is 0 Å². The lowest BCUT2D eigenvalue weighted by molar-refractivity contribution is -0.119. The maximum absolute atomic E-state index is 13.8. The van der Waals surface area contributed by atoms with Gasteiger partial charge in [-0.25, -0.2) is 0 Å². The van der Waals surface area contributed by atoms with Crippen LogP contribution < -0.4 is 4.18 Å². The summed E-state index contributed by atoms with van der Waals surface area (Å²) in [5.41, 5.74) is 2.36. The minimum absolute atomic E-state index is 0.0209. The predicted molar refractivity (Wildman–Crippen MR) is 151 cm³/mol. The fourth-order valence-corrected chi connectivity index (χ4v) is 7.69. The van der Waals surface area contributed by atoms with Gasteiger partial charge in [-0.1, -0.05) is 69.1 Å². The van der Waals surface area contributed by atoms with Crippen molar-refractivity contribution >= 4 is 44.9 Å². The molecule has 0 fully saturated rings. The number of carbonyl (C=O) groups excluding carboxylic acids is 2. The number of benzene rings is 2. The average Bonchev–Trinajstić information content (AvgIpc) is 2.81. The molecule has 1 aliphatic heterocycles. The van der Waals surface area contributed by atoms with E-state index in [0.717, 1.165) is 11.4 Å². The maximum Gasteiger partial charge on any atom is 0.339 e. The molecular formula is C30H31Cl2NO5S. The second kappa shape index (κ2) is 9.50. The number of hydrogen-bond donors (Lipinski definition) is 0. The van der Waals surface area contributed by atoms with Crippen molar-refractivity contribution in [2.75, 3.05) is 7.05 Å². The van der Waals surface area contributed by atoms with Crippen LogP contribution in [-0.2, 0) is 19.7 Å². The summed E-state index contributed by atoms with van der Waals surface area (Å²) in [7, 11) is -2.37. The molecule has 0 bridgehead atoms. The van der Waals surface area contributed by atoms with Gasteiger partial charge in [0.15, 0.2) is 17.3 Å². The lowest BCUT2D eigenvalue weighted by Gasteiger charge is -2.48. The zero-order valence-electron chi connectivity index (χ0n) is 22.6. The summed E-state index contributed by atoms with van der Waals surface area (Å²) in [5.74, 6) is -1.16. The summed E-state index contributed by atoms with van der Waals surface area (Å²) >= 11 is 13.1. The third-order valence-electron chi connectivity index (χ3n) is 7.75. The first-order chi connectivity index (χ1) is 18.1. The number of Topliss-reactive ketones (excluding diaryl/α,β-unsaturated/α-hetero) is 2. The molecule has 1 heterocycles. The third-order valence-corrected chi connectivity index (χ3v) is 9.49. The summed E-state index contributed by atoms with van der Waals surface area (Å²) in [4.78, 5) is 29.6. The Morgan fingerprint density at radius 3 is 1.87 bits per heavy atom. The molecular weight excluding hydrogens is 557 g/mol. The van der Waals surface area contributed by atoms with Gasteiger partial charge < -0.3 is 9.08 Å². The topological polar surface area (TPSA) is 80.8 Å². The largest absolute Gasteiger partial charge is 0.377 e. The van der Waals surface area contributed by atoms with Crippen molar-refractivity contribution in [1.82, 2.24) is 4.90 Å². The van der Waals surface area contributed by atoms with Crippen LogP contribution in [0.15, 0.2) is 69.9 Å². The number of halogens is 2. The van der Waals surface area contributed by atoms with Gasteiger partial charge in [0.05, 0.1) is 5.02 Å². The molecule has 0 radical (unpaired) electrons. The van der Waals surface area contributed by atoms with Crippen molar-refractivity contribution in [2.24, 2.45) is 10.8 Å². The molecule has 0 spiro atoms. The highest BCUT2D eigenvalue weighted by molar-refractivity contribution is 7.87. The van der Waals surface area contributed by atoms with Gasteiger partial charge in [-0.15, -0.1) is 0 Å². The number of hydrogen-bond acceptors (Lipinski definition) is 6. The third kappa shape index (κ3) is 5.05. The fourth-order valence-electron chi connectivity index (χ4n) is 6.10. The normalized spacial score (nSPS) is 21.2. The van der Waals surface area contributed by atoms with Crippen molar-refractivity contribution in [2.45, 2.75) is 64.2 Å². The smallest absolute Gasteiger partial charge is 0.339 e. The number of carbonyl (C=O) groups is 2. The van der Waals surface area contributed by atoms with Crippen molar-refractivity contribution in [3.05, 3.63) is 80.6 Å². The van der Waals surface area contributed by atoms with Gasteiger partial charge >= 0.3 is 10.1 Å². The standard InChI is InChI=1S/C30H31Cl2NO5S/c1-29(2)13-21-26(23(34)15-29)25(27-22(33(21)5)14-30(3,4)16-24(27)35)19-11-17(31)12-20(32)28(19)38-39(36,37)18-9-7-6-8-10-18/h6-12,25H,13-16H2,1-5H3. The van der Waals surface area contributed by atoms with Crippen LogP contribution >= 0.6 is 23.2 Å². The molecule has 0 saturated carbocycles. The Bertz CT molecular complexity index is 1520. The lowest BCUT2D eigenvalue weighted by Crippen LogP contribution is -2.43. The molecule has 206 valence electrons. The van der Waals surface area contributed by atoms with Crippen LogP contribution in [0.3, 0.4) is 0 Å². The average molecular weight is 589 g/mol. The Kier molecular flexibility index (Phi) is 6.80. The van der Waals surface area contributed by atoms with Gasteiger partial charge in [0.2, 0.25) is 0 Å². The first-order valence-corrected chi connectivity index (χ1v) is 15.0. The van der Waals surface area contributed by atoms with Crippen LogP contribution in [0.2, 0.25) is 10.0 Å². The Morgan fingerprint density at radius 1 is 0.846 bits per heavy atom. The van der Waals surface area contributed by atoms with E-state index in [2.05, 4.69) is 27.7 Å². The van der Waals surface area contributed by atoms with E-state index in [-0.39, 0.29) is 43.1 Å². The first kappa shape index (κ1) is 27.9. The monoisotopic (exact) mass is 587 g/mol. The summed E-state index contributed by atoms with van der Waals surface area (Å²) in [5, 5.41) is 0.224. The Hall–Kier alpha value is -2.61. The highest BCUT2D eigenvalue weighted by Gasteiger charge is 2.49. The summed E-state index contributed by atoms with van der Waals surface area (Å²) < 4.78 is 32.3. The first-order valence-electron chi connectivity index (χ1n) is 12.8. The van der Waals surface area contributed by atoms with E-state index in [1.807, 2.05) is 11.9 Å². The minimum atomic E-state index is -4.28. The molecule has 39 heavy (non-hydrogen) atoms. The van der Waals surface area contributed by atoms with Crippen LogP contribution in [0.1, 0.15) is 64.9 Å². The van der Waals surface area contributed by atoms with Crippen LogP contribution in [0, 0.1) is 10.8 Å². The van der Waals surface area contributed by atoms with Crippen molar-refractivity contribution in [1.29, 1.82) is 0 Å². The maximum atomic E-state index is 13.8. The molecule has 6 nitrogen and oxygen atoms in total. The van der Waals surface area contributed by atoms with Crippen molar-refractivity contribution in [3.63, 3.8) is 0 Å². The molecule has 0 N–H and O–H groups in total. The zero-order chi connectivity index (χ0) is 28.5. The van der Waals surface area contributed by atoms with E-state index in [0.29, 0.717) is 42.4 Å². The van der Waals surface area contributed by atoms with Crippen LogP contribution in [-0.4, -0.2) is 31.9 Å². The highest BCUT2D eigenvalue weighted by atomic mass is 35.5. The van der Waals surface area contributed by atoms with E-state index >= 15 is 0 Å². The zero-order valence-corrected chi connectivity index (χ0v) is 24.9. The predicted octanol–water partition coefficient (Wildman–Crippen LogP) is 7.08. The summed E-state index contributed by atoms with van der Waals surface area (Å²) in [6, 6.07) is 10.7. The van der Waals surface area contributed by atoms with E-state index < -0.39 is 16.0 Å². The van der Waals surface area contributed by atoms with Gasteiger partial charge in [-0.3, -0.25) is 9.59 Å². The number of nitrogens with zero attached hydrogens (tertiary/aromatic N) is 1. The van der Waals surface area contributed by atoms with E-state index in [1.165, 1.54) is 18.2 Å². The van der Waals surface area contributed by atoms with Crippen LogP contribution in [0.25, 0.3) is 0 Å². The second-order valence-corrected chi connectivity index (χ2v) is 14.6. The minimum Gasteiger partial charge on any atom is -0.377 e. The van der Waals surface area contributed by atoms with Gasteiger partial charge in [0.25, 0.3) is 0 Å². The molecule has 2 aromatic rings. The molecule has 0 aromatic heterocycles. The van der Waals surface area contributed by atoms with E-state index in [1.54, 1.807) is 24.3 Å². The SMILES string of the molecule is CN1C2=C(C(=O)CC(C)(C)C2)C(c2cc(Cl)cc(Cl)c2OS(=O)(=O)c2ccccc2)C2=C1CC(C)(C)CC2=O. The van der Waals surface area contributed by atoms with Gasteiger partial charge in [0, 0.05) is 58.9 Å². The number of allylic oxidation sites excluding steroid dienone is 4. The molecule has 5 rings (SSSR count). The summed E-state index contributed by atoms with van der Waals surface area (Å²) in [6.07, 6.45) is 1.84. The van der Waals surface area contributed by atoms with Crippen molar-refractivity contribution < 1.29 is 22.2 Å². The number of rotatable bonds is 4. The molecule has 0 unspecified atom stereocenters. The Morgan fingerprint density at radius 2 is 1.36 bits per heavy atom. The van der Waals surface area contributed by atoms with Crippen LogP contribution in [0.5, 0.6) is 5.75 Å². The Labute approximate surface area is 239 Å². The Balaban J connectivity index is 1.78. The van der Waals surface area contributed by atoms with Gasteiger partial charge in [-0.2, -0.15) is 8.42 Å². The van der Waals surface area contributed by atoms with Gasteiger partial charge in [0.1, 0.15) is 4.90 Å². The fraction of sp³-hybridized carbons (Fsp3) is 0.400. The van der Waals surface area contributed by atoms with E-state index in [9.17, 15) is 18.0 Å². The highest BCUT2D eigenvalue weighted by Crippen LogP contribution is 2.56. The molecule has 2 aliphatic carbocycles. The van der Waals surface area contributed by atoms with Gasteiger partial charge in [-0.05, 0) is 47.9 Å². The summed E-state index contributed by atoms with van der Waals surface area (Å²) in [6.45, 7) is 8.20. The molecule has 0 saturated heterocycles. The quantitative estimate of drug-likeness (QED) is 0.355. The van der Waals surface area contributed by atoms with E-state index in [4.69, 9.17) is 27.4 Å². The molecule has 0 amide bonds. The second-order valence-electron chi connectivity index (χ2n) is 12.3. The number of ketones is 2. The molecule has 9 heteroatoms. The van der Waals surface area contributed by atoms with Crippen molar-refractivity contribution in [3.8, 4) is 5.75 Å². The molecule has 0 atom stereocenters. The lowest BCUT2D eigenvalue weighted by atomic mass is 9.63. The molecule has 3 aliphatic rings. The molecule has 2 aromatic carbocycles.